The Balaban J connectivity index is 0.000000185. The van der Waals surface area contributed by atoms with Gasteiger partial charge in [0.1, 0.15) is 0 Å². The number of piperidine rings is 2. The van der Waals surface area contributed by atoms with Gasteiger partial charge in [0, 0.05) is 12.1 Å². The van der Waals surface area contributed by atoms with Gasteiger partial charge in [0.05, 0.1) is 17.4 Å². The Labute approximate surface area is 196 Å². The van der Waals surface area contributed by atoms with Gasteiger partial charge >= 0.3 is 5.97 Å². The van der Waals surface area contributed by atoms with Crippen LogP contribution in [0.5, 0.6) is 0 Å². The zero-order chi connectivity index (χ0) is 23.8. The Bertz CT molecular complexity index is 1110. The summed E-state index contributed by atoms with van der Waals surface area (Å²) in [6.45, 7) is 6.75. The van der Waals surface area contributed by atoms with Crippen LogP contribution in [-0.4, -0.2) is 37.6 Å². The maximum Gasteiger partial charge on any atom is 0.310 e. The average Bonchev–Trinajstić information content (AvgIpc) is 2.79. The summed E-state index contributed by atoms with van der Waals surface area (Å²) in [5, 5.41) is 3.74. The molecule has 2 heterocycles. The molecule has 4 bridgehead atoms. The lowest BCUT2D eigenvalue weighted by molar-refractivity contribution is -0.155. The second kappa shape index (κ2) is 9.20. The predicted molar refractivity (Wildman–Crippen MR) is 127 cm³/mol. The van der Waals surface area contributed by atoms with Gasteiger partial charge in [-0.05, 0) is 72.8 Å². The Morgan fingerprint density at radius 3 is 2.42 bits per heavy atom. The van der Waals surface area contributed by atoms with Gasteiger partial charge in [0.25, 0.3) is 10.1 Å². The van der Waals surface area contributed by atoms with Crippen molar-refractivity contribution in [1.82, 2.24) is 5.32 Å². The molecule has 33 heavy (non-hydrogen) atoms. The number of carbonyl (C=O) groups is 1. The minimum absolute atomic E-state index is 0.00522. The van der Waals surface area contributed by atoms with E-state index >= 15 is 0 Å². The number of benzene rings is 2. The molecule has 0 amide bonds. The summed E-state index contributed by atoms with van der Waals surface area (Å²) in [6, 6.07) is 15.8. The Kier molecular flexibility index (Phi) is 6.67. The highest BCUT2D eigenvalue weighted by atomic mass is 32.2. The molecule has 0 aromatic heterocycles. The van der Waals surface area contributed by atoms with Crippen molar-refractivity contribution in [2.45, 2.75) is 68.8 Å². The smallest absolute Gasteiger partial charge is 0.310 e. The number of esters is 1. The van der Waals surface area contributed by atoms with E-state index in [-0.39, 0.29) is 28.2 Å². The summed E-state index contributed by atoms with van der Waals surface area (Å²) in [5.41, 5.74) is 4.27. The first-order valence-electron chi connectivity index (χ1n) is 11.7. The zero-order valence-electron chi connectivity index (χ0n) is 19.5. The molecular weight excluding hydrogens is 438 g/mol. The van der Waals surface area contributed by atoms with Crippen molar-refractivity contribution in [3.05, 3.63) is 65.2 Å². The molecule has 178 valence electrons. The van der Waals surface area contributed by atoms with Crippen LogP contribution in [0.2, 0.25) is 0 Å². The first kappa shape index (κ1) is 23.9. The maximum absolute atomic E-state index is 12.2. The van der Waals surface area contributed by atoms with Crippen LogP contribution in [0.25, 0.3) is 0 Å². The molecule has 2 aromatic carbocycles. The molecule has 2 aromatic rings. The Hall–Kier alpha value is -2.22. The highest BCUT2D eigenvalue weighted by Gasteiger charge is 2.57. The van der Waals surface area contributed by atoms with Gasteiger partial charge in [0.15, 0.2) is 0 Å². The summed E-state index contributed by atoms with van der Waals surface area (Å²) in [7, 11) is -4.03. The lowest BCUT2D eigenvalue weighted by atomic mass is 9.50. The third kappa shape index (κ3) is 4.59. The molecule has 0 spiro atoms. The first-order valence-corrected chi connectivity index (χ1v) is 13.2. The molecule has 2 N–H and O–H groups in total. The minimum atomic E-state index is -4.03. The molecule has 4 aliphatic rings. The van der Waals surface area contributed by atoms with E-state index in [1.54, 1.807) is 12.1 Å². The summed E-state index contributed by atoms with van der Waals surface area (Å²) >= 11 is 0. The lowest BCUT2D eigenvalue weighted by Gasteiger charge is -2.60. The summed E-state index contributed by atoms with van der Waals surface area (Å²) in [4.78, 5) is 12.1. The maximum atomic E-state index is 12.2. The van der Waals surface area contributed by atoms with Gasteiger partial charge in [0.2, 0.25) is 0 Å². The fourth-order valence-electron chi connectivity index (χ4n) is 6.03. The monoisotopic (exact) mass is 471 g/mol. The molecule has 7 heteroatoms. The number of aryl methyl sites for hydroxylation is 1. The molecule has 5 atom stereocenters. The average molecular weight is 472 g/mol. The van der Waals surface area contributed by atoms with E-state index in [2.05, 4.69) is 36.5 Å². The van der Waals surface area contributed by atoms with Gasteiger partial charge in [-0.1, -0.05) is 50.2 Å². The second-order valence-electron chi connectivity index (χ2n) is 9.54. The van der Waals surface area contributed by atoms with E-state index in [0.29, 0.717) is 18.6 Å². The number of fused-ring (bicyclic) bond motifs is 2. The van der Waals surface area contributed by atoms with Crippen molar-refractivity contribution >= 4 is 16.1 Å². The van der Waals surface area contributed by atoms with Crippen molar-refractivity contribution in [2.75, 3.05) is 6.61 Å². The van der Waals surface area contributed by atoms with E-state index in [1.165, 1.54) is 23.3 Å². The minimum Gasteiger partial charge on any atom is -0.466 e. The standard InChI is InChI=1S/C18H23NO2.C8H10O3S/c1-3-21-17(20)12-9-14-15-8-11-6-4-5-7-13(11)18(14,2)10-16(12)19-15;1-2-7-3-5-8(6-4-7)12(9,10)11/h4-7,12,14-16,19H,3,8-10H2,1-2H3;3-6H,2H2,1H3,(H,9,10,11)/t12?,14?,15?,16?,18-;/m1./s1. The van der Waals surface area contributed by atoms with Crippen molar-refractivity contribution in [2.24, 2.45) is 11.8 Å². The summed E-state index contributed by atoms with van der Waals surface area (Å²) in [5.74, 6) is 0.589. The number of hydrogen-bond donors (Lipinski definition) is 2. The SMILES string of the molecule is CCOC(=O)C1CC2C3Cc4ccccc4[C@@]2(C)CC1N3.CCc1ccc(S(=O)(=O)O)cc1. The molecular formula is C26H33NO5S. The van der Waals surface area contributed by atoms with Crippen LogP contribution in [0.1, 0.15) is 50.3 Å². The molecule has 0 radical (unpaired) electrons. The number of rotatable bonds is 4. The van der Waals surface area contributed by atoms with E-state index in [0.717, 1.165) is 31.2 Å². The normalized spacial score (nSPS) is 29.5. The van der Waals surface area contributed by atoms with Crippen LogP contribution >= 0.6 is 0 Å². The summed E-state index contributed by atoms with van der Waals surface area (Å²) < 4.78 is 35.1. The fraction of sp³-hybridized carbons (Fsp3) is 0.500. The molecule has 2 aliphatic carbocycles. The third-order valence-corrected chi connectivity index (χ3v) is 8.53. The van der Waals surface area contributed by atoms with Crippen LogP contribution in [0.15, 0.2) is 53.4 Å². The third-order valence-electron chi connectivity index (χ3n) is 7.66. The zero-order valence-corrected chi connectivity index (χ0v) is 20.3. The number of carbonyl (C=O) groups excluding carboxylic acids is 1. The molecule has 6 nitrogen and oxygen atoms in total. The number of ether oxygens (including phenoxy) is 1. The highest BCUT2D eigenvalue weighted by molar-refractivity contribution is 7.85. The predicted octanol–water partition coefficient (Wildman–Crippen LogP) is 3.93. The molecule has 2 aliphatic heterocycles. The summed E-state index contributed by atoms with van der Waals surface area (Å²) in [6.07, 6.45) is 3.98. The largest absolute Gasteiger partial charge is 0.466 e. The molecule has 2 saturated heterocycles. The van der Waals surface area contributed by atoms with Crippen molar-refractivity contribution in [1.29, 1.82) is 0 Å². The van der Waals surface area contributed by atoms with Crippen molar-refractivity contribution < 1.29 is 22.5 Å². The van der Waals surface area contributed by atoms with Crippen LogP contribution in [-0.2, 0) is 37.9 Å². The number of hydrogen-bond acceptors (Lipinski definition) is 5. The molecule has 6 rings (SSSR count). The van der Waals surface area contributed by atoms with Crippen molar-refractivity contribution in [3.63, 3.8) is 0 Å². The highest BCUT2D eigenvalue weighted by Crippen LogP contribution is 2.54. The van der Waals surface area contributed by atoms with Crippen molar-refractivity contribution in [3.8, 4) is 0 Å². The van der Waals surface area contributed by atoms with E-state index < -0.39 is 10.1 Å². The van der Waals surface area contributed by atoms with Gasteiger partial charge in [-0.2, -0.15) is 8.42 Å². The topological polar surface area (TPSA) is 92.7 Å². The fourth-order valence-corrected chi connectivity index (χ4v) is 6.51. The van der Waals surface area contributed by atoms with E-state index in [4.69, 9.17) is 9.29 Å². The van der Waals surface area contributed by atoms with Crippen LogP contribution in [0.4, 0.5) is 0 Å². The Morgan fingerprint density at radius 1 is 1.12 bits per heavy atom. The van der Waals surface area contributed by atoms with Gasteiger partial charge in [-0.15, -0.1) is 0 Å². The quantitative estimate of drug-likeness (QED) is 0.519. The van der Waals surface area contributed by atoms with Crippen LogP contribution < -0.4 is 5.32 Å². The van der Waals surface area contributed by atoms with E-state index in [1.807, 2.05) is 13.8 Å². The molecule has 1 saturated carbocycles. The second-order valence-corrected chi connectivity index (χ2v) is 11.0. The first-order chi connectivity index (χ1) is 15.7. The van der Waals surface area contributed by atoms with E-state index in [9.17, 15) is 13.2 Å². The lowest BCUT2D eigenvalue weighted by Crippen LogP contribution is -2.68. The van der Waals surface area contributed by atoms with Crippen LogP contribution in [0, 0.1) is 11.8 Å². The molecule has 3 fully saturated rings. The Morgan fingerprint density at radius 2 is 1.82 bits per heavy atom. The van der Waals surface area contributed by atoms with Gasteiger partial charge < -0.3 is 10.1 Å². The van der Waals surface area contributed by atoms with Gasteiger partial charge in [-0.3, -0.25) is 9.35 Å². The molecule has 4 unspecified atom stereocenters. The van der Waals surface area contributed by atoms with Crippen LogP contribution in [0.3, 0.4) is 0 Å². The van der Waals surface area contributed by atoms with Gasteiger partial charge in [-0.25, -0.2) is 0 Å². The number of nitrogens with one attached hydrogen (secondary N) is 1.